The Kier molecular flexibility index (Phi) is 2.91. The lowest BCUT2D eigenvalue weighted by molar-refractivity contribution is 0.141. The zero-order chi connectivity index (χ0) is 9.19. The zero-order valence-corrected chi connectivity index (χ0v) is 8.34. The van der Waals surface area contributed by atoms with Gasteiger partial charge in [-0.1, -0.05) is 6.08 Å². The van der Waals surface area contributed by atoms with Crippen molar-refractivity contribution in [1.82, 2.24) is 4.90 Å². The van der Waals surface area contributed by atoms with Crippen molar-refractivity contribution in [3.63, 3.8) is 0 Å². The van der Waals surface area contributed by atoms with Crippen LogP contribution in [0.25, 0.3) is 0 Å². The van der Waals surface area contributed by atoms with Crippen molar-refractivity contribution in [3.8, 4) is 0 Å². The predicted molar refractivity (Wildman–Crippen MR) is 51.3 cm³/mol. The molecule has 1 rings (SSSR count). The van der Waals surface area contributed by atoms with Crippen LogP contribution in [0.4, 0.5) is 0 Å². The number of ether oxygens (including phenoxy) is 1. The maximum Gasteiger partial charge on any atom is 0.0645 e. The summed E-state index contributed by atoms with van der Waals surface area (Å²) >= 11 is 0. The highest BCUT2D eigenvalue weighted by molar-refractivity contribution is 4.97. The molecule has 2 unspecified atom stereocenters. The van der Waals surface area contributed by atoms with Crippen molar-refractivity contribution in [2.24, 2.45) is 0 Å². The molecule has 0 saturated carbocycles. The molecule has 0 spiro atoms. The van der Waals surface area contributed by atoms with Gasteiger partial charge in [0.25, 0.3) is 0 Å². The first kappa shape index (κ1) is 9.75. The highest BCUT2D eigenvalue weighted by Gasteiger charge is 2.41. The van der Waals surface area contributed by atoms with Crippen LogP contribution in [0, 0.1) is 0 Å². The van der Waals surface area contributed by atoms with E-state index in [1.54, 1.807) is 6.08 Å². The summed E-state index contributed by atoms with van der Waals surface area (Å²) in [4.78, 5) is 2.44. The fourth-order valence-corrected chi connectivity index (χ4v) is 1.43. The van der Waals surface area contributed by atoms with Crippen LogP contribution in [-0.4, -0.2) is 36.2 Å². The van der Waals surface area contributed by atoms with Crippen LogP contribution in [0.1, 0.15) is 20.8 Å². The molecule has 12 heavy (non-hydrogen) atoms. The van der Waals surface area contributed by atoms with E-state index in [-0.39, 0.29) is 0 Å². The molecule has 0 aromatic carbocycles. The van der Waals surface area contributed by atoms with E-state index in [0.717, 1.165) is 6.61 Å². The Balaban J connectivity index is 2.12. The maximum absolute atomic E-state index is 5.37. The quantitative estimate of drug-likeness (QED) is 0.360. The van der Waals surface area contributed by atoms with Gasteiger partial charge in [-0.15, -0.1) is 6.58 Å². The van der Waals surface area contributed by atoms with Crippen molar-refractivity contribution in [1.29, 1.82) is 0 Å². The van der Waals surface area contributed by atoms with Gasteiger partial charge in [0.05, 0.1) is 13.2 Å². The third-order valence-electron chi connectivity index (χ3n) is 2.12. The first-order valence-electron chi connectivity index (χ1n) is 4.51. The third kappa shape index (κ3) is 2.61. The second-order valence-electron chi connectivity index (χ2n) is 4.30. The van der Waals surface area contributed by atoms with Crippen molar-refractivity contribution in [2.75, 3.05) is 19.8 Å². The summed E-state index contributed by atoms with van der Waals surface area (Å²) in [5.41, 5.74) is 0.308. The molecular weight excluding hydrogens is 150 g/mol. The molecule has 2 heteroatoms. The molecule has 1 aliphatic rings. The molecule has 0 radical (unpaired) electrons. The monoisotopic (exact) mass is 169 g/mol. The number of hydrogen-bond acceptors (Lipinski definition) is 2. The van der Waals surface area contributed by atoms with Crippen molar-refractivity contribution < 1.29 is 4.74 Å². The lowest BCUT2D eigenvalue weighted by atomic mass is 10.1. The highest BCUT2D eigenvalue weighted by atomic mass is 16.5. The topological polar surface area (TPSA) is 12.2 Å². The molecule has 1 fully saturated rings. The Morgan fingerprint density at radius 2 is 2.25 bits per heavy atom. The smallest absolute Gasteiger partial charge is 0.0645 e. The molecule has 0 N–H and O–H groups in total. The molecule has 0 bridgehead atoms. The standard InChI is InChI=1S/C10H19NO/c1-5-6-12-8-9-7-11(9)10(2,3)4/h5,9H,1,6-8H2,2-4H3. The molecule has 0 aromatic heterocycles. The van der Waals surface area contributed by atoms with E-state index in [1.807, 2.05) is 0 Å². The van der Waals surface area contributed by atoms with E-state index in [9.17, 15) is 0 Å². The molecular formula is C10H19NO. The predicted octanol–water partition coefficient (Wildman–Crippen LogP) is 1.67. The van der Waals surface area contributed by atoms with Crippen LogP contribution in [0.15, 0.2) is 12.7 Å². The Bertz CT molecular complexity index is 160. The van der Waals surface area contributed by atoms with E-state index in [0.29, 0.717) is 18.2 Å². The Labute approximate surface area is 75.2 Å². The van der Waals surface area contributed by atoms with Gasteiger partial charge in [0, 0.05) is 18.1 Å². The van der Waals surface area contributed by atoms with E-state index < -0.39 is 0 Å². The summed E-state index contributed by atoms with van der Waals surface area (Å²) in [7, 11) is 0. The van der Waals surface area contributed by atoms with Crippen LogP contribution < -0.4 is 0 Å². The van der Waals surface area contributed by atoms with E-state index in [2.05, 4.69) is 32.3 Å². The highest BCUT2D eigenvalue weighted by Crippen LogP contribution is 2.28. The van der Waals surface area contributed by atoms with Crippen molar-refractivity contribution in [3.05, 3.63) is 12.7 Å². The van der Waals surface area contributed by atoms with Gasteiger partial charge in [-0.2, -0.15) is 0 Å². The fraction of sp³-hybridized carbons (Fsp3) is 0.800. The van der Waals surface area contributed by atoms with E-state index in [1.165, 1.54) is 6.54 Å². The Morgan fingerprint density at radius 3 is 2.67 bits per heavy atom. The normalized spacial score (nSPS) is 28.6. The number of nitrogens with zero attached hydrogens (tertiary/aromatic N) is 1. The van der Waals surface area contributed by atoms with Gasteiger partial charge in [0.2, 0.25) is 0 Å². The molecule has 1 saturated heterocycles. The van der Waals surface area contributed by atoms with Crippen LogP contribution >= 0.6 is 0 Å². The molecule has 2 nitrogen and oxygen atoms in total. The molecule has 0 aromatic rings. The minimum Gasteiger partial charge on any atom is -0.376 e. The van der Waals surface area contributed by atoms with Crippen molar-refractivity contribution >= 4 is 0 Å². The van der Waals surface area contributed by atoms with Gasteiger partial charge in [0.15, 0.2) is 0 Å². The Hall–Kier alpha value is -0.340. The first-order chi connectivity index (χ1) is 5.55. The lowest BCUT2D eigenvalue weighted by Crippen LogP contribution is -2.28. The summed E-state index contributed by atoms with van der Waals surface area (Å²) in [6.07, 6.45) is 1.80. The summed E-state index contributed by atoms with van der Waals surface area (Å²) in [6.45, 7) is 13.0. The summed E-state index contributed by atoms with van der Waals surface area (Å²) in [5, 5.41) is 0. The van der Waals surface area contributed by atoms with Gasteiger partial charge in [-0.3, -0.25) is 4.90 Å². The second-order valence-corrected chi connectivity index (χ2v) is 4.30. The molecule has 1 aliphatic heterocycles. The summed E-state index contributed by atoms with van der Waals surface area (Å²) in [6, 6.07) is 0.643. The minimum absolute atomic E-state index is 0.308. The molecule has 0 amide bonds. The van der Waals surface area contributed by atoms with Crippen LogP contribution in [0.5, 0.6) is 0 Å². The molecule has 2 atom stereocenters. The molecule has 0 aliphatic carbocycles. The average Bonchev–Trinajstić information content (AvgIpc) is 2.66. The van der Waals surface area contributed by atoms with E-state index >= 15 is 0 Å². The van der Waals surface area contributed by atoms with Crippen LogP contribution in [0.3, 0.4) is 0 Å². The largest absolute Gasteiger partial charge is 0.376 e. The number of rotatable bonds is 4. The van der Waals surface area contributed by atoms with Gasteiger partial charge < -0.3 is 4.74 Å². The average molecular weight is 169 g/mol. The Morgan fingerprint density at radius 1 is 1.58 bits per heavy atom. The fourth-order valence-electron chi connectivity index (χ4n) is 1.43. The summed E-state index contributed by atoms with van der Waals surface area (Å²) in [5.74, 6) is 0. The van der Waals surface area contributed by atoms with Crippen LogP contribution in [0.2, 0.25) is 0 Å². The zero-order valence-electron chi connectivity index (χ0n) is 8.34. The summed E-state index contributed by atoms with van der Waals surface area (Å²) < 4.78 is 5.37. The van der Waals surface area contributed by atoms with Gasteiger partial charge in [0.1, 0.15) is 0 Å². The molecule has 70 valence electrons. The lowest BCUT2D eigenvalue weighted by Gasteiger charge is -2.21. The van der Waals surface area contributed by atoms with Gasteiger partial charge >= 0.3 is 0 Å². The van der Waals surface area contributed by atoms with Crippen LogP contribution in [-0.2, 0) is 4.74 Å². The van der Waals surface area contributed by atoms with Crippen molar-refractivity contribution in [2.45, 2.75) is 32.4 Å². The second kappa shape index (κ2) is 3.58. The first-order valence-corrected chi connectivity index (χ1v) is 4.51. The maximum atomic E-state index is 5.37. The van der Waals surface area contributed by atoms with Gasteiger partial charge in [-0.05, 0) is 20.8 Å². The molecule has 1 heterocycles. The minimum atomic E-state index is 0.308. The van der Waals surface area contributed by atoms with Gasteiger partial charge in [-0.25, -0.2) is 0 Å². The third-order valence-corrected chi connectivity index (χ3v) is 2.12. The number of hydrogen-bond donors (Lipinski definition) is 0. The van der Waals surface area contributed by atoms with E-state index in [4.69, 9.17) is 4.74 Å². The SMILES string of the molecule is C=CCOCC1CN1C(C)(C)C.